The number of carboxylic acid groups (broad SMARTS) is 1. The van der Waals surface area contributed by atoms with E-state index in [-0.39, 0.29) is 18.9 Å². The van der Waals surface area contributed by atoms with Gasteiger partial charge >= 0.3 is 18.9 Å². The molecule has 0 aromatic heterocycles. The zero-order valence-corrected chi connectivity index (χ0v) is 6.43. The fourth-order valence-electron chi connectivity index (χ4n) is 0.399. The second-order valence-electron chi connectivity index (χ2n) is 1.83. The quantitative estimate of drug-likeness (QED) is 0.361. The predicted octanol–water partition coefficient (Wildman–Crippen LogP) is -6.98. The average Bonchev–Trinajstić information content (AvgIpc) is 2.00. The second-order valence-corrected chi connectivity index (χ2v) is 1.83. The molecule has 3 N–H and O–H groups in total. The monoisotopic (exact) mass is 170 g/mol. The summed E-state index contributed by atoms with van der Waals surface area (Å²) in [5, 5.41) is 34.9. The fraction of sp³-hybridized carbons (Fsp3) is 0.600. The zero-order valence-electron chi connectivity index (χ0n) is 6.43. The number of aliphatic hydroxyl groups is 3. The van der Waals surface area contributed by atoms with E-state index in [2.05, 4.69) is 0 Å². The normalized spacial score (nSPS) is 14.2. The zero-order chi connectivity index (χ0) is 9.02. The third kappa shape index (κ3) is 3.85. The van der Waals surface area contributed by atoms with Gasteiger partial charge in [0.2, 0.25) is 0 Å². The Labute approximate surface area is 80.0 Å². The van der Waals surface area contributed by atoms with Gasteiger partial charge in [0.15, 0.2) is 5.78 Å². The first-order valence-corrected chi connectivity index (χ1v) is 2.71. The number of aliphatic carboxylic acids is 1. The Balaban J connectivity index is 0. The molecule has 0 amide bonds. The predicted molar refractivity (Wildman–Crippen MR) is 29.1 cm³/mol. The van der Waals surface area contributed by atoms with Gasteiger partial charge in [0.1, 0.15) is 18.8 Å². The van der Waals surface area contributed by atoms with Crippen molar-refractivity contribution < 1.29 is 48.9 Å². The van der Waals surface area contributed by atoms with Crippen LogP contribution in [0.1, 0.15) is 0 Å². The minimum absolute atomic E-state index is 0. The van der Waals surface area contributed by atoms with E-state index >= 15 is 0 Å². The maximum Gasteiger partial charge on any atom is 1.00 e. The van der Waals surface area contributed by atoms with E-state index < -0.39 is 30.6 Å². The molecule has 64 valence electrons. The second kappa shape index (κ2) is 6.17. The molecule has 2 atom stereocenters. The largest absolute Gasteiger partial charge is 1.00 e. The van der Waals surface area contributed by atoms with Gasteiger partial charge in [-0.15, -0.1) is 0 Å². The van der Waals surface area contributed by atoms with Crippen LogP contribution in [-0.4, -0.2) is 45.9 Å². The van der Waals surface area contributed by atoms with Gasteiger partial charge in [-0.2, -0.15) is 0 Å². The number of carbonyl (C=O) groups is 2. The van der Waals surface area contributed by atoms with Crippen molar-refractivity contribution in [1.29, 1.82) is 0 Å². The molecular weight excluding hydrogens is 163 g/mol. The van der Waals surface area contributed by atoms with Crippen molar-refractivity contribution in [2.45, 2.75) is 12.2 Å². The number of carbonyl (C=O) groups excluding carboxylic acids is 2. The van der Waals surface area contributed by atoms with Crippen molar-refractivity contribution in [3.63, 3.8) is 0 Å². The standard InChI is InChI=1S/C5H8O6.Li/c6-1-2(7)3(8)4(9)5(10)11;/h3-4,6,8-9H,1H2,(H,10,11);/q;+1/p-1. The van der Waals surface area contributed by atoms with Crippen LogP contribution in [0.4, 0.5) is 0 Å². The van der Waals surface area contributed by atoms with E-state index in [9.17, 15) is 14.7 Å². The number of Topliss-reactive ketones (excluding diaryl/α,β-unsaturated/α-hetero) is 1. The summed E-state index contributed by atoms with van der Waals surface area (Å²) in [4.78, 5) is 20.1. The van der Waals surface area contributed by atoms with Crippen LogP contribution in [0.15, 0.2) is 0 Å². The van der Waals surface area contributed by atoms with Gasteiger partial charge in [0.25, 0.3) is 0 Å². The topological polar surface area (TPSA) is 118 Å². The van der Waals surface area contributed by atoms with E-state index in [1.165, 1.54) is 0 Å². The minimum atomic E-state index is -2.28. The van der Waals surface area contributed by atoms with Gasteiger partial charge < -0.3 is 25.2 Å². The molecule has 0 saturated heterocycles. The van der Waals surface area contributed by atoms with Gasteiger partial charge in [0.05, 0.1) is 5.97 Å². The molecule has 0 aromatic rings. The van der Waals surface area contributed by atoms with E-state index in [0.29, 0.717) is 0 Å². The van der Waals surface area contributed by atoms with Crippen LogP contribution in [0.5, 0.6) is 0 Å². The number of rotatable bonds is 4. The summed E-state index contributed by atoms with van der Waals surface area (Å²) < 4.78 is 0. The van der Waals surface area contributed by atoms with Crippen molar-refractivity contribution in [3.05, 3.63) is 0 Å². The van der Waals surface area contributed by atoms with Gasteiger partial charge in [-0.25, -0.2) is 0 Å². The molecule has 0 fully saturated rings. The summed E-state index contributed by atoms with van der Waals surface area (Å²) in [5.41, 5.74) is 0. The van der Waals surface area contributed by atoms with Gasteiger partial charge in [-0.3, -0.25) is 4.79 Å². The van der Waals surface area contributed by atoms with E-state index in [0.717, 1.165) is 0 Å². The number of hydrogen-bond donors (Lipinski definition) is 3. The van der Waals surface area contributed by atoms with Crippen molar-refractivity contribution in [3.8, 4) is 0 Å². The fourth-order valence-corrected chi connectivity index (χ4v) is 0.399. The Kier molecular flexibility index (Phi) is 7.28. The van der Waals surface area contributed by atoms with Crippen LogP contribution in [0.3, 0.4) is 0 Å². The molecule has 0 saturated carbocycles. The Morgan fingerprint density at radius 2 is 1.67 bits per heavy atom. The number of aliphatic hydroxyl groups excluding tert-OH is 3. The average molecular weight is 170 g/mol. The first-order chi connectivity index (χ1) is 5.00. The molecule has 0 aromatic carbocycles. The smallest absolute Gasteiger partial charge is 0.547 e. The molecule has 0 aliphatic rings. The van der Waals surface area contributed by atoms with Crippen LogP contribution in [0.25, 0.3) is 0 Å². The Hall–Kier alpha value is -0.383. The maximum absolute atomic E-state index is 10.3. The summed E-state index contributed by atoms with van der Waals surface area (Å²) >= 11 is 0. The number of carboxylic acids is 1. The summed E-state index contributed by atoms with van der Waals surface area (Å²) in [6.45, 7) is -1.02. The van der Waals surface area contributed by atoms with E-state index in [4.69, 9.17) is 15.3 Å². The summed E-state index contributed by atoms with van der Waals surface area (Å²) in [6.07, 6.45) is -4.40. The van der Waals surface area contributed by atoms with E-state index in [1.807, 2.05) is 0 Å². The molecule has 0 rings (SSSR count). The van der Waals surface area contributed by atoms with Crippen molar-refractivity contribution in [2.75, 3.05) is 6.61 Å². The summed E-state index contributed by atoms with van der Waals surface area (Å²) in [7, 11) is 0. The van der Waals surface area contributed by atoms with Crippen LogP contribution >= 0.6 is 0 Å². The minimum Gasteiger partial charge on any atom is -0.547 e. The SMILES string of the molecule is O=C([O-])C(O)C(O)C(=O)CO.[Li+]. The molecular formula is C5H7LiO6. The molecule has 7 heteroatoms. The van der Waals surface area contributed by atoms with Crippen molar-refractivity contribution >= 4 is 11.8 Å². The molecule has 0 radical (unpaired) electrons. The molecule has 2 unspecified atom stereocenters. The molecule has 12 heavy (non-hydrogen) atoms. The molecule has 0 heterocycles. The third-order valence-corrected chi connectivity index (χ3v) is 1.03. The van der Waals surface area contributed by atoms with Gasteiger partial charge in [0, 0.05) is 0 Å². The molecule has 0 spiro atoms. The molecule has 6 nitrogen and oxygen atoms in total. The first-order valence-electron chi connectivity index (χ1n) is 2.71. The van der Waals surface area contributed by atoms with Crippen molar-refractivity contribution in [2.24, 2.45) is 0 Å². The Bertz CT molecular complexity index is 169. The number of hydrogen-bond acceptors (Lipinski definition) is 6. The molecule has 0 aliphatic carbocycles. The van der Waals surface area contributed by atoms with Crippen LogP contribution < -0.4 is 24.0 Å². The third-order valence-electron chi connectivity index (χ3n) is 1.03. The summed E-state index contributed by atoms with van der Waals surface area (Å²) in [6, 6.07) is 0. The Morgan fingerprint density at radius 1 is 1.25 bits per heavy atom. The van der Waals surface area contributed by atoms with E-state index in [1.54, 1.807) is 0 Å². The van der Waals surface area contributed by atoms with Crippen LogP contribution in [0, 0.1) is 0 Å². The van der Waals surface area contributed by atoms with Gasteiger partial charge in [-0.1, -0.05) is 0 Å². The Morgan fingerprint density at radius 3 is 1.92 bits per heavy atom. The first kappa shape index (κ1) is 14.2. The van der Waals surface area contributed by atoms with Crippen LogP contribution in [0.2, 0.25) is 0 Å². The van der Waals surface area contributed by atoms with Gasteiger partial charge in [-0.05, 0) is 0 Å². The molecule has 0 bridgehead atoms. The molecule has 0 aliphatic heterocycles. The van der Waals surface area contributed by atoms with Crippen molar-refractivity contribution in [1.82, 2.24) is 0 Å². The van der Waals surface area contributed by atoms with Crippen LogP contribution in [-0.2, 0) is 9.59 Å². The summed E-state index contributed by atoms with van der Waals surface area (Å²) in [5.74, 6) is -3.12. The number of ketones is 1. The maximum atomic E-state index is 10.3.